The van der Waals surface area contributed by atoms with Crippen molar-refractivity contribution in [3.8, 4) is 17.2 Å². The molecular formula is C32H38N8O3. The third kappa shape index (κ3) is 6.92. The average Bonchev–Trinajstić information content (AvgIpc) is 3.05. The molecule has 2 fully saturated rings. The van der Waals surface area contributed by atoms with Gasteiger partial charge in [-0.25, -0.2) is 19.7 Å². The van der Waals surface area contributed by atoms with Crippen molar-refractivity contribution in [1.82, 2.24) is 15.0 Å². The fourth-order valence-electron chi connectivity index (χ4n) is 5.30. The summed E-state index contributed by atoms with van der Waals surface area (Å²) >= 11 is 0. The minimum absolute atomic E-state index is 0.0683. The fourth-order valence-corrected chi connectivity index (χ4v) is 5.30. The van der Waals surface area contributed by atoms with Gasteiger partial charge in [0.1, 0.15) is 5.82 Å². The van der Waals surface area contributed by atoms with Gasteiger partial charge in [-0.05, 0) is 55.5 Å². The molecule has 2 N–H and O–H groups in total. The smallest absolute Gasteiger partial charge is 0.357 e. The monoisotopic (exact) mass is 582 g/mol. The zero-order valence-electron chi connectivity index (χ0n) is 25.0. The standard InChI is InChI=1S/C32H38N8O3/c1-4-43-31(41)27-17-26(23-19-35-32(36-20-23)40-10-8-22(18-33)9-11-40)28(29(34)21(2)3)30(38-27)37-24-6-5-7-25(16-24)39-12-14-42-15-13-39/h5-7,16-17,19-22,34H,4,8-15H2,1-3H3,(H,37,38). The van der Waals surface area contributed by atoms with Crippen LogP contribution in [0.25, 0.3) is 11.1 Å². The molecule has 0 spiro atoms. The molecule has 43 heavy (non-hydrogen) atoms. The minimum atomic E-state index is -0.547. The van der Waals surface area contributed by atoms with Crippen molar-refractivity contribution in [3.05, 3.63) is 54.0 Å². The number of esters is 1. The van der Waals surface area contributed by atoms with Gasteiger partial charge in [0.05, 0.1) is 25.9 Å². The van der Waals surface area contributed by atoms with Crippen molar-refractivity contribution in [2.75, 3.05) is 61.1 Å². The number of hydrogen-bond acceptors (Lipinski definition) is 11. The van der Waals surface area contributed by atoms with Crippen LogP contribution in [0.5, 0.6) is 0 Å². The lowest BCUT2D eigenvalue weighted by molar-refractivity contribution is 0.0519. The number of rotatable bonds is 9. The maximum absolute atomic E-state index is 13.0. The van der Waals surface area contributed by atoms with E-state index in [1.165, 1.54) is 0 Å². The van der Waals surface area contributed by atoms with Crippen molar-refractivity contribution in [1.29, 1.82) is 10.7 Å². The van der Waals surface area contributed by atoms with Gasteiger partial charge in [0, 0.05) is 72.7 Å². The van der Waals surface area contributed by atoms with E-state index in [1.807, 2.05) is 32.0 Å². The van der Waals surface area contributed by atoms with E-state index in [-0.39, 0.29) is 24.1 Å². The molecule has 11 heteroatoms. The summed E-state index contributed by atoms with van der Waals surface area (Å²) in [5.74, 6) is 0.392. The second-order valence-corrected chi connectivity index (χ2v) is 11.0. The molecule has 1 aromatic carbocycles. The number of morpholine rings is 1. The van der Waals surface area contributed by atoms with Crippen LogP contribution in [0.15, 0.2) is 42.7 Å². The second kappa shape index (κ2) is 13.6. The molecule has 2 aliphatic rings. The lowest BCUT2D eigenvalue weighted by atomic mass is 9.92. The Morgan fingerprint density at radius 1 is 1.14 bits per heavy atom. The van der Waals surface area contributed by atoms with Crippen molar-refractivity contribution in [2.45, 2.75) is 33.6 Å². The fraction of sp³-hybridized carbons (Fsp3) is 0.438. The Kier molecular flexibility index (Phi) is 9.47. The molecule has 0 unspecified atom stereocenters. The Hall–Kier alpha value is -4.56. The number of anilines is 4. The van der Waals surface area contributed by atoms with Gasteiger partial charge < -0.3 is 30.0 Å². The number of benzene rings is 1. The minimum Gasteiger partial charge on any atom is -0.461 e. The first kappa shape index (κ1) is 29.9. The van der Waals surface area contributed by atoms with Crippen LogP contribution < -0.4 is 15.1 Å². The third-order valence-corrected chi connectivity index (χ3v) is 7.75. The summed E-state index contributed by atoms with van der Waals surface area (Å²) in [4.78, 5) is 31.3. The van der Waals surface area contributed by atoms with Gasteiger partial charge in [0.15, 0.2) is 5.69 Å². The summed E-state index contributed by atoms with van der Waals surface area (Å²) < 4.78 is 10.8. The first-order chi connectivity index (χ1) is 20.9. The lowest BCUT2D eigenvalue weighted by Crippen LogP contribution is -2.36. The summed E-state index contributed by atoms with van der Waals surface area (Å²) in [6, 6.07) is 12.0. The third-order valence-electron chi connectivity index (χ3n) is 7.75. The van der Waals surface area contributed by atoms with Gasteiger partial charge in [-0.1, -0.05) is 19.9 Å². The normalized spacial score (nSPS) is 15.7. The average molecular weight is 583 g/mol. The molecule has 0 aliphatic carbocycles. The molecule has 3 aromatic rings. The number of piperidine rings is 1. The maximum Gasteiger partial charge on any atom is 0.357 e. The van der Waals surface area contributed by atoms with Gasteiger partial charge >= 0.3 is 5.97 Å². The van der Waals surface area contributed by atoms with Crippen LogP contribution >= 0.6 is 0 Å². The quantitative estimate of drug-likeness (QED) is 0.260. The van der Waals surface area contributed by atoms with E-state index < -0.39 is 5.97 Å². The van der Waals surface area contributed by atoms with Crippen LogP contribution in [-0.4, -0.2) is 72.6 Å². The van der Waals surface area contributed by atoms with Crippen LogP contribution in [0.4, 0.5) is 23.1 Å². The van der Waals surface area contributed by atoms with E-state index in [0.717, 1.165) is 50.4 Å². The van der Waals surface area contributed by atoms with Crippen LogP contribution in [-0.2, 0) is 9.47 Å². The summed E-state index contributed by atoms with van der Waals surface area (Å²) in [5.41, 5.74) is 4.20. The number of nitrogens with zero attached hydrogens (tertiary/aromatic N) is 6. The van der Waals surface area contributed by atoms with Gasteiger partial charge in [-0.15, -0.1) is 0 Å². The summed E-state index contributed by atoms with van der Waals surface area (Å²) in [5, 5.41) is 21.7. The Balaban J connectivity index is 1.55. The highest BCUT2D eigenvalue weighted by atomic mass is 16.5. The van der Waals surface area contributed by atoms with Crippen molar-refractivity contribution in [2.24, 2.45) is 11.8 Å². The topological polar surface area (TPSA) is 140 Å². The van der Waals surface area contributed by atoms with Crippen molar-refractivity contribution >= 4 is 34.8 Å². The van der Waals surface area contributed by atoms with Gasteiger partial charge in [0.25, 0.3) is 0 Å². The lowest BCUT2D eigenvalue weighted by Gasteiger charge is -2.29. The first-order valence-corrected chi connectivity index (χ1v) is 14.9. The second-order valence-electron chi connectivity index (χ2n) is 11.0. The molecule has 0 radical (unpaired) electrons. The van der Waals surface area contributed by atoms with Crippen molar-refractivity contribution < 1.29 is 14.3 Å². The van der Waals surface area contributed by atoms with E-state index in [9.17, 15) is 10.1 Å². The molecule has 224 valence electrons. The van der Waals surface area contributed by atoms with E-state index in [2.05, 4.69) is 42.2 Å². The number of pyridine rings is 1. The largest absolute Gasteiger partial charge is 0.461 e. The Morgan fingerprint density at radius 2 is 1.86 bits per heavy atom. The van der Waals surface area contributed by atoms with Gasteiger partial charge in [-0.3, -0.25) is 0 Å². The molecule has 4 heterocycles. The zero-order chi connectivity index (χ0) is 30.3. The number of nitriles is 1. The highest BCUT2D eigenvalue weighted by Gasteiger charge is 2.25. The highest BCUT2D eigenvalue weighted by Crippen LogP contribution is 2.34. The Labute approximate surface area is 252 Å². The number of carbonyl (C=O) groups excluding carboxylic acids is 1. The molecule has 0 amide bonds. The SMILES string of the molecule is CCOC(=O)c1cc(-c2cnc(N3CCC(C#N)CC3)nc2)c(C(=N)C(C)C)c(Nc2cccc(N3CCOCC3)c2)n1. The van der Waals surface area contributed by atoms with Gasteiger partial charge in [-0.2, -0.15) is 5.26 Å². The Bertz CT molecular complexity index is 1490. The van der Waals surface area contributed by atoms with Gasteiger partial charge in [0.2, 0.25) is 5.95 Å². The molecule has 11 nitrogen and oxygen atoms in total. The Morgan fingerprint density at radius 3 is 2.51 bits per heavy atom. The van der Waals surface area contributed by atoms with Crippen LogP contribution in [0.2, 0.25) is 0 Å². The molecule has 0 saturated carbocycles. The summed E-state index contributed by atoms with van der Waals surface area (Å²) in [6.45, 7) is 10.3. The molecule has 0 atom stereocenters. The summed E-state index contributed by atoms with van der Waals surface area (Å²) in [6.07, 6.45) is 5.02. The highest BCUT2D eigenvalue weighted by molar-refractivity contribution is 6.10. The maximum atomic E-state index is 13.0. The van der Waals surface area contributed by atoms with Crippen LogP contribution in [0.1, 0.15) is 49.7 Å². The number of carbonyl (C=O) groups is 1. The molecular weight excluding hydrogens is 544 g/mol. The number of aromatic nitrogens is 3. The predicted octanol–water partition coefficient (Wildman–Crippen LogP) is 5.06. The van der Waals surface area contributed by atoms with E-state index >= 15 is 0 Å². The van der Waals surface area contributed by atoms with E-state index in [4.69, 9.17) is 14.9 Å². The van der Waals surface area contributed by atoms with Crippen LogP contribution in [0.3, 0.4) is 0 Å². The molecule has 5 rings (SSSR count). The zero-order valence-corrected chi connectivity index (χ0v) is 25.0. The van der Waals surface area contributed by atoms with E-state index in [1.54, 1.807) is 25.4 Å². The molecule has 2 saturated heterocycles. The summed E-state index contributed by atoms with van der Waals surface area (Å²) in [7, 11) is 0. The molecule has 2 aromatic heterocycles. The molecule has 0 bridgehead atoms. The van der Waals surface area contributed by atoms with Crippen molar-refractivity contribution in [3.63, 3.8) is 0 Å². The molecule has 2 aliphatic heterocycles. The number of hydrogen-bond donors (Lipinski definition) is 2. The first-order valence-electron chi connectivity index (χ1n) is 14.9. The van der Waals surface area contributed by atoms with E-state index in [0.29, 0.717) is 47.4 Å². The number of nitrogens with one attached hydrogen (secondary N) is 2. The number of ether oxygens (including phenoxy) is 2. The predicted molar refractivity (Wildman–Crippen MR) is 166 cm³/mol. The van der Waals surface area contributed by atoms with Crippen LogP contribution in [0, 0.1) is 28.6 Å².